The summed E-state index contributed by atoms with van der Waals surface area (Å²) in [5.41, 5.74) is 3.13. The van der Waals surface area contributed by atoms with Crippen LogP contribution in [0.1, 0.15) is 46.5 Å². The van der Waals surface area contributed by atoms with Crippen molar-refractivity contribution in [3.8, 4) is 11.5 Å². The van der Waals surface area contributed by atoms with Crippen molar-refractivity contribution in [1.82, 2.24) is 10.2 Å². The number of aliphatic carboxylic acids is 1. The van der Waals surface area contributed by atoms with Crippen molar-refractivity contribution in [2.24, 2.45) is 0 Å². The number of benzene rings is 2. The van der Waals surface area contributed by atoms with E-state index in [1.165, 1.54) is 22.5 Å². The molecule has 1 saturated heterocycles. The molecule has 1 aromatic heterocycles. The average molecular weight is 666 g/mol. The number of ether oxygens (including phenoxy) is 2. The summed E-state index contributed by atoms with van der Waals surface area (Å²) in [7, 11) is 3.35. The lowest BCUT2D eigenvalue weighted by Gasteiger charge is -2.46. The van der Waals surface area contributed by atoms with Crippen LogP contribution < -0.4 is 20.1 Å². The maximum absolute atomic E-state index is 11.5. The van der Waals surface area contributed by atoms with Crippen molar-refractivity contribution in [2.45, 2.75) is 55.9 Å². The smallest absolute Gasteiger partial charge is 0.490 e. The minimum absolute atomic E-state index is 0.00535. The van der Waals surface area contributed by atoms with E-state index in [4.69, 9.17) is 31.6 Å². The fraction of sp³-hybridized carbons (Fsp3) is 0.387. The van der Waals surface area contributed by atoms with E-state index >= 15 is 0 Å². The molecule has 1 aliphatic heterocycles. The van der Waals surface area contributed by atoms with Crippen molar-refractivity contribution in [3.63, 3.8) is 0 Å². The topological polar surface area (TPSA) is 120 Å². The van der Waals surface area contributed by atoms with Crippen LogP contribution in [0.5, 0.6) is 11.5 Å². The first kappa shape index (κ1) is 34.0. The Morgan fingerprint density at radius 1 is 1.07 bits per heavy atom. The molecule has 0 radical (unpaired) electrons. The predicted molar refractivity (Wildman–Crippen MR) is 168 cm³/mol. The Morgan fingerprint density at radius 3 is 2.38 bits per heavy atom. The number of nitrogens with one attached hydrogen (secondary N) is 2. The summed E-state index contributed by atoms with van der Waals surface area (Å²) in [5, 5.41) is 25.4. The number of thiocarbonyl (C=S) groups is 1. The number of methoxy groups -OCH3 is 2. The number of rotatable bonds is 8. The summed E-state index contributed by atoms with van der Waals surface area (Å²) in [5.74, 6) is -2.21. The van der Waals surface area contributed by atoms with Crippen LogP contribution in [0.2, 0.25) is 0 Å². The molecule has 1 saturated carbocycles. The van der Waals surface area contributed by atoms with E-state index in [0.29, 0.717) is 16.8 Å². The molecule has 0 unspecified atom stereocenters. The monoisotopic (exact) mass is 665 g/mol. The molecule has 2 heterocycles. The van der Waals surface area contributed by atoms with Crippen molar-refractivity contribution in [2.75, 3.05) is 26.1 Å². The van der Waals surface area contributed by atoms with Gasteiger partial charge in [-0.3, -0.25) is 4.90 Å². The fourth-order valence-corrected chi connectivity index (χ4v) is 7.15. The zero-order valence-corrected chi connectivity index (χ0v) is 26.2. The zero-order chi connectivity index (χ0) is 32.8. The molecule has 2 fully saturated rings. The highest BCUT2D eigenvalue weighted by Gasteiger charge is 2.51. The molecule has 0 bridgehead atoms. The zero-order valence-electron chi connectivity index (χ0n) is 24.6. The molecule has 9 nitrogen and oxygen atoms in total. The number of thiophene rings is 1. The first-order valence-electron chi connectivity index (χ1n) is 14.1. The first-order chi connectivity index (χ1) is 21.4. The number of carboxylic acid groups (broad SMARTS) is 2. The van der Waals surface area contributed by atoms with Gasteiger partial charge in [0.1, 0.15) is 4.88 Å². The maximum Gasteiger partial charge on any atom is 0.490 e. The fourth-order valence-electron chi connectivity index (χ4n) is 6.18. The maximum atomic E-state index is 11.5. The van der Waals surface area contributed by atoms with E-state index in [9.17, 15) is 23.1 Å². The number of aromatic carboxylic acids is 1. The van der Waals surface area contributed by atoms with Gasteiger partial charge < -0.3 is 30.3 Å². The van der Waals surface area contributed by atoms with Crippen LogP contribution in [0.4, 0.5) is 18.9 Å². The molecule has 5 rings (SSSR count). The van der Waals surface area contributed by atoms with Gasteiger partial charge in [-0.1, -0.05) is 36.4 Å². The second-order valence-electron chi connectivity index (χ2n) is 10.8. The second kappa shape index (κ2) is 14.5. The number of anilines is 1. The highest BCUT2D eigenvalue weighted by atomic mass is 32.1. The number of alkyl halides is 3. The summed E-state index contributed by atoms with van der Waals surface area (Å²) < 4.78 is 42.9. The standard InChI is InChI=1S/C29H33N3O4S2.C2HF3O2/c1-35-23-9-8-20(16-24(23)36-2)29-12-10-21(30-28(37)31-22-11-15-38-26(22)27(33)34)17-25(29)32(14-13-29)18-19-6-4-3-5-7-19;3-2(4,5)1(6)7/h3-9,11,15-16,21,25H,10,12-14,17-18H2,1-2H3,(H,33,34)(H2,30,31,37);(H,6,7)/t21-,25+,29+;/m1./s1. The quantitative estimate of drug-likeness (QED) is 0.209. The number of hydrogen-bond acceptors (Lipinski definition) is 7. The number of carboxylic acids is 2. The van der Waals surface area contributed by atoms with Crippen molar-refractivity contribution >= 4 is 46.3 Å². The summed E-state index contributed by atoms with van der Waals surface area (Å²) in [6, 6.07) is 19.2. The summed E-state index contributed by atoms with van der Waals surface area (Å²) in [6.45, 7) is 1.91. The lowest BCUT2D eigenvalue weighted by atomic mass is 9.65. The normalized spacial score (nSPS) is 21.1. The van der Waals surface area contributed by atoms with Gasteiger partial charge in [0.15, 0.2) is 16.6 Å². The number of nitrogens with zero attached hydrogens (tertiary/aromatic N) is 1. The van der Waals surface area contributed by atoms with Gasteiger partial charge in [-0.2, -0.15) is 13.2 Å². The lowest BCUT2D eigenvalue weighted by molar-refractivity contribution is -0.192. The van der Waals surface area contributed by atoms with Gasteiger partial charge in [0.2, 0.25) is 0 Å². The number of likely N-dealkylation sites (tertiary alicyclic amines) is 1. The van der Waals surface area contributed by atoms with Crippen LogP contribution in [0.3, 0.4) is 0 Å². The molecule has 1 aliphatic carbocycles. The minimum atomic E-state index is -5.08. The second-order valence-corrected chi connectivity index (χ2v) is 12.1. The number of carbonyl (C=O) groups is 2. The van der Waals surface area contributed by atoms with Gasteiger partial charge in [-0.25, -0.2) is 9.59 Å². The van der Waals surface area contributed by atoms with E-state index in [0.717, 1.165) is 50.3 Å². The molecule has 3 atom stereocenters. The number of fused-ring (bicyclic) bond motifs is 1. The Labute approximate surface area is 268 Å². The number of hydrogen-bond donors (Lipinski definition) is 4. The third kappa shape index (κ3) is 8.05. The van der Waals surface area contributed by atoms with E-state index in [-0.39, 0.29) is 16.3 Å². The van der Waals surface area contributed by atoms with E-state index in [2.05, 4.69) is 58.0 Å². The molecule has 2 aromatic carbocycles. The van der Waals surface area contributed by atoms with Crippen LogP contribution in [-0.2, 0) is 16.8 Å². The third-order valence-corrected chi connectivity index (χ3v) is 9.37. The van der Waals surface area contributed by atoms with Crippen LogP contribution >= 0.6 is 23.6 Å². The molecule has 242 valence electrons. The van der Waals surface area contributed by atoms with Crippen LogP contribution in [0, 0.1) is 0 Å². The Hall–Kier alpha value is -3.88. The molecular weight excluding hydrogens is 631 g/mol. The number of halogens is 3. The van der Waals surface area contributed by atoms with Gasteiger partial charge in [0.25, 0.3) is 0 Å². The van der Waals surface area contributed by atoms with Gasteiger partial charge in [0, 0.05) is 24.0 Å². The highest BCUT2D eigenvalue weighted by molar-refractivity contribution is 7.80. The van der Waals surface area contributed by atoms with Crippen LogP contribution in [-0.4, -0.2) is 71.2 Å². The largest absolute Gasteiger partial charge is 0.493 e. The molecule has 45 heavy (non-hydrogen) atoms. The van der Waals surface area contributed by atoms with Crippen molar-refractivity contribution in [1.29, 1.82) is 0 Å². The summed E-state index contributed by atoms with van der Waals surface area (Å²) >= 11 is 6.80. The van der Waals surface area contributed by atoms with Gasteiger partial charge >= 0.3 is 18.1 Å². The predicted octanol–water partition coefficient (Wildman–Crippen LogP) is 6.15. The van der Waals surface area contributed by atoms with Crippen molar-refractivity contribution < 1.29 is 42.4 Å². The van der Waals surface area contributed by atoms with Crippen molar-refractivity contribution in [3.05, 3.63) is 76.0 Å². The van der Waals surface area contributed by atoms with Gasteiger partial charge in [0.05, 0.1) is 19.9 Å². The first-order valence-corrected chi connectivity index (χ1v) is 15.4. The molecule has 0 spiro atoms. The molecular formula is C31H34F3N3O6S2. The Bertz CT molecular complexity index is 1500. The van der Waals surface area contributed by atoms with Gasteiger partial charge in [-0.15, -0.1) is 11.3 Å². The SMILES string of the molecule is COc1ccc([C@@]23CC[C@@H](NC(=S)Nc4ccsc4C(=O)O)C[C@@H]2N(Cc2ccccc2)CC3)cc1OC.O=C(O)C(F)(F)F. The Kier molecular flexibility index (Phi) is 10.9. The lowest BCUT2D eigenvalue weighted by Crippen LogP contribution is -2.52. The Morgan fingerprint density at radius 2 is 1.76 bits per heavy atom. The minimum Gasteiger partial charge on any atom is -0.493 e. The highest BCUT2D eigenvalue weighted by Crippen LogP contribution is 2.50. The summed E-state index contributed by atoms with van der Waals surface area (Å²) in [4.78, 5) is 23.3. The Balaban J connectivity index is 0.000000591. The molecule has 0 amide bonds. The molecule has 4 N–H and O–H groups in total. The summed E-state index contributed by atoms with van der Waals surface area (Å²) in [6.07, 6.45) is -1.11. The van der Waals surface area contributed by atoms with E-state index in [1.54, 1.807) is 25.7 Å². The van der Waals surface area contributed by atoms with Gasteiger partial charge in [-0.05, 0) is 79.2 Å². The van der Waals surface area contributed by atoms with E-state index in [1.807, 2.05) is 6.07 Å². The molecule has 3 aromatic rings. The van der Waals surface area contributed by atoms with Crippen LogP contribution in [0.25, 0.3) is 0 Å². The van der Waals surface area contributed by atoms with E-state index < -0.39 is 18.1 Å². The average Bonchev–Trinajstić information content (AvgIpc) is 3.62. The molecule has 14 heteroatoms. The molecule has 2 aliphatic rings. The third-order valence-electron chi connectivity index (χ3n) is 8.24. The van der Waals surface area contributed by atoms with Crippen LogP contribution in [0.15, 0.2) is 60.0 Å².